The van der Waals surface area contributed by atoms with Crippen molar-refractivity contribution in [3.63, 3.8) is 0 Å². The van der Waals surface area contributed by atoms with Gasteiger partial charge in [-0.2, -0.15) is 0 Å². The Morgan fingerprint density at radius 3 is 1.94 bits per heavy atom. The zero-order valence-corrected chi connectivity index (χ0v) is 20.9. The number of benzene rings is 3. The van der Waals surface area contributed by atoms with Gasteiger partial charge in [-0.1, -0.05) is 91.6 Å². The third-order valence-corrected chi connectivity index (χ3v) is 8.08. The van der Waals surface area contributed by atoms with E-state index in [2.05, 4.69) is 4.72 Å². The summed E-state index contributed by atoms with van der Waals surface area (Å²) in [5.41, 5.74) is 2.60. The molecule has 3 nitrogen and oxygen atoms in total. The summed E-state index contributed by atoms with van der Waals surface area (Å²) in [6.45, 7) is 5.83. The van der Waals surface area contributed by atoms with E-state index in [0.717, 1.165) is 16.7 Å². The zero-order valence-electron chi connectivity index (χ0n) is 18.6. The molecular formula is C26H29Cl2NO2S. The Hall–Kier alpha value is -1.85. The maximum Gasteiger partial charge on any atom is 0.212 e. The third-order valence-electron chi connectivity index (χ3n) is 5.74. The molecule has 3 aromatic rings. The van der Waals surface area contributed by atoms with Gasteiger partial charge in [0.1, 0.15) is 0 Å². The number of hydrogen-bond acceptors (Lipinski definition) is 2. The Labute approximate surface area is 201 Å². The fraction of sp³-hybridized carbons (Fsp3) is 0.308. The average molecular weight is 490 g/mol. The molecule has 0 heterocycles. The molecule has 0 aliphatic carbocycles. The Balaban J connectivity index is 1.82. The molecule has 1 N–H and O–H groups in total. The average Bonchev–Trinajstić information content (AvgIpc) is 2.73. The number of halogens is 2. The molecule has 0 radical (unpaired) electrons. The lowest BCUT2D eigenvalue weighted by Crippen LogP contribution is -2.43. The Bertz CT molecular complexity index is 1110. The van der Waals surface area contributed by atoms with Crippen molar-refractivity contribution in [1.29, 1.82) is 0 Å². The normalized spacial score (nSPS) is 14.2. The van der Waals surface area contributed by atoms with Crippen molar-refractivity contribution in [1.82, 2.24) is 4.72 Å². The van der Waals surface area contributed by atoms with Gasteiger partial charge in [-0.3, -0.25) is 0 Å². The second-order valence-corrected chi connectivity index (χ2v) is 11.5. The van der Waals surface area contributed by atoms with Crippen LogP contribution in [0.25, 0.3) is 0 Å². The van der Waals surface area contributed by atoms with Crippen LogP contribution in [0.2, 0.25) is 10.0 Å². The van der Waals surface area contributed by atoms with Gasteiger partial charge in [0.2, 0.25) is 10.0 Å². The second kappa shape index (κ2) is 10.4. The van der Waals surface area contributed by atoms with Crippen LogP contribution in [0.5, 0.6) is 0 Å². The SMILES string of the molecule is CC(NS(=O)(=O)CC(C)(C)c1ccccc1)C(Cc1ccc(Cl)cc1)c1ccc(Cl)cc1. The van der Waals surface area contributed by atoms with Gasteiger partial charge in [-0.25, -0.2) is 13.1 Å². The summed E-state index contributed by atoms with van der Waals surface area (Å²) in [7, 11) is -3.54. The van der Waals surface area contributed by atoms with Crippen LogP contribution in [0.4, 0.5) is 0 Å². The van der Waals surface area contributed by atoms with Gasteiger partial charge >= 0.3 is 0 Å². The fourth-order valence-electron chi connectivity index (χ4n) is 4.02. The van der Waals surface area contributed by atoms with E-state index >= 15 is 0 Å². The number of hydrogen-bond donors (Lipinski definition) is 1. The summed E-state index contributed by atoms with van der Waals surface area (Å²) in [4.78, 5) is 0. The van der Waals surface area contributed by atoms with Crippen molar-refractivity contribution in [3.8, 4) is 0 Å². The molecule has 0 spiro atoms. The van der Waals surface area contributed by atoms with Crippen LogP contribution in [-0.4, -0.2) is 20.2 Å². The van der Waals surface area contributed by atoms with Gasteiger partial charge in [0.25, 0.3) is 0 Å². The third kappa shape index (κ3) is 6.82. The van der Waals surface area contributed by atoms with Crippen molar-refractivity contribution in [2.24, 2.45) is 0 Å². The van der Waals surface area contributed by atoms with Crippen LogP contribution in [0, 0.1) is 0 Å². The van der Waals surface area contributed by atoms with Gasteiger partial charge in [-0.15, -0.1) is 0 Å². The minimum absolute atomic E-state index is 0.00262. The highest BCUT2D eigenvalue weighted by Crippen LogP contribution is 2.29. The molecule has 170 valence electrons. The molecule has 0 aliphatic heterocycles. The van der Waals surface area contributed by atoms with E-state index in [1.165, 1.54) is 0 Å². The lowest BCUT2D eigenvalue weighted by molar-refractivity contribution is 0.490. The van der Waals surface area contributed by atoms with Crippen molar-refractivity contribution < 1.29 is 8.42 Å². The smallest absolute Gasteiger partial charge is 0.212 e. The molecular weight excluding hydrogens is 461 g/mol. The molecule has 6 heteroatoms. The summed E-state index contributed by atoms with van der Waals surface area (Å²) in [5, 5.41) is 1.32. The maximum atomic E-state index is 13.2. The summed E-state index contributed by atoms with van der Waals surface area (Å²) in [6, 6.07) is 24.7. The molecule has 0 aliphatic rings. The monoisotopic (exact) mass is 489 g/mol. The second-order valence-electron chi connectivity index (χ2n) is 8.90. The first-order valence-electron chi connectivity index (χ1n) is 10.6. The van der Waals surface area contributed by atoms with E-state index in [1.807, 2.05) is 99.6 Å². The standard InChI is InChI=1S/C26H29Cl2NO2S/c1-19(29-32(30,31)18-26(2,3)22-7-5-4-6-8-22)25(21-11-15-24(28)16-12-21)17-20-9-13-23(27)14-10-20/h4-16,19,25,29H,17-18H2,1-3H3. The molecule has 2 unspecified atom stereocenters. The number of nitrogens with one attached hydrogen (secondary N) is 1. The van der Waals surface area contributed by atoms with Crippen LogP contribution < -0.4 is 4.72 Å². The van der Waals surface area contributed by atoms with Crippen molar-refractivity contribution >= 4 is 33.2 Å². The Morgan fingerprint density at radius 1 is 0.844 bits per heavy atom. The number of sulfonamides is 1. The molecule has 0 saturated heterocycles. The lowest BCUT2D eigenvalue weighted by Gasteiger charge is -2.29. The van der Waals surface area contributed by atoms with Crippen LogP contribution in [0.3, 0.4) is 0 Å². The van der Waals surface area contributed by atoms with Crippen LogP contribution in [0.1, 0.15) is 43.4 Å². The minimum atomic E-state index is -3.54. The molecule has 3 rings (SSSR count). The maximum absolute atomic E-state index is 13.2. The molecule has 0 amide bonds. The zero-order chi connectivity index (χ0) is 23.4. The summed E-state index contributed by atoms with van der Waals surface area (Å²) >= 11 is 12.1. The quantitative estimate of drug-likeness (QED) is 0.367. The molecule has 32 heavy (non-hydrogen) atoms. The van der Waals surface area contributed by atoms with Crippen LogP contribution >= 0.6 is 23.2 Å². The molecule has 3 aromatic carbocycles. The first-order valence-corrected chi connectivity index (χ1v) is 13.0. The first kappa shape index (κ1) is 24.8. The molecule has 0 saturated carbocycles. The first-order chi connectivity index (χ1) is 15.1. The number of rotatable bonds is 9. The van der Waals surface area contributed by atoms with E-state index in [9.17, 15) is 8.42 Å². The van der Waals surface area contributed by atoms with Crippen molar-refractivity contribution in [3.05, 3.63) is 106 Å². The van der Waals surface area contributed by atoms with Crippen LogP contribution in [-0.2, 0) is 21.9 Å². The highest BCUT2D eigenvalue weighted by Gasteiger charge is 2.31. The van der Waals surface area contributed by atoms with Gasteiger partial charge in [0.15, 0.2) is 0 Å². The molecule has 0 aromatic heterocycles. The summed E-state index contributed by atoms with van der Waals surface area (Å²) in [5.74, 6) is -0.0640. The van der Waals surface area contributed by atoms with Crippen LogP contribution in [0.15, 0.2) is 78.9 Å². The van der Waals surface area contributed by atoms with E-state index in [4.69, 9.17) is 23.2 Å². The molecule has 0 bridgehead atoms. The lowest BCUT2D eigenvalue weighted by atomic mass is 9.87. The van der Waals surface area contributed by atoms with Gasteiger partial charge in [0.05, 0.1) is 5.75 Å². The molecule has 0 fully saturated rings. The highest BCUT2D eigenvalue weighted by molar-refractivity contribution is 7.89. The largest absolute Gasteiger partial charge is 0.212 e. The predicted octanol–water partition coefficient (Wildman–Crippen LogP) is 6.61. The van der Waals surface area contributed by atoms with Gasteiger partial charge < -0.3 is 0 Å². The highest BCUT2D eigenvalue weighted by atomic mass is 35.5. The summed E-state index contributed by atoms with van der Waals surface area (Å²) < 4.78 is 29.3. The predicted molar refractivity (Wildman–Crippen MR) is 135 cm³/mol. The Morgan fingerprint density at radius 2 is 1.38 bits per heavy atom. The van der Waals surface area contributed by atoms with Crippen molar-refractivity contribution in [2.75, 3.05) is 5.75 Å². The minimum Gasteiger partial charge on any atom is -0.212 e. The van der Waals surface area contributed by atoms with E-state index in [0.29, 0.717) is 16.5 Å². The van der Waals surface area contributed by atoms with Crippen molar-refractivity contribution in [2.45, 2.75) is 44.6 Å². The van der Waals surface area contributed by atoms with Gasteiger partial charge in [0, 0.05) is 27.4 Å². The Kier molecular flexibility index (Phi) is 8.05. The summed E-state index contributed by atoms with van der Waals surface area (Å²) in [6.07, 6.45) is 0.671. The molecule has 2 atom stereocenters. The van der Waals surface area contributed by atoms with E-state index in [1.54, 1.807) is 0 Å². The van der Waals surface area contributed by atoms with E-state index in [-0.39, 0.29) is 17.7 Å². The fourth-order valence-corrected chi connectivity index (χ4v) is 6.21. The van der Waals surface area contributed by atoms with E-state index < -0.39 is 15.4 Å². The topological polar surface area (TPSA) is 46.2 Å². The van der Waals surface area contributed by atoms with Gasteiger partial charge in [-0.05, 0) is 54.3 Å².